The standard InChI is InChI=1S/C34H45NO3.C3H8.3C2H6/c1-8-30(26(2)16-17-28(4)37-7)13-11-15-33(34-14-10-9-12-31(34)25-36)27(3)24-29-18-20-32(21-19-29)38-23-22-35(5)6;1-3-2;3*1-2/h1,9-10,12,14,16-21,30,36H,11,13,15,22-25H2,2-7H3;3H2,1-2H3;3*1-2H3/b26-16-,28-17+,33-27-;;;;. The molecule has 0 aromatic heterocycles. The molecule has 47 heavy (non-hydrogen) atoms. The molecule has 2 aromatic rings. The van der Waals surface area contributed by atoms with Gasteiger partial charge in [-0.1, -0.05) is 121 Å². The Morgan fingerprint density at radius 3 is 2.00 bits per heavy atom. The van der Waals surface area contributed by atoms with E-state index in [4.69, 9.17) is 15.9 Å². The van der Waals surface area contributed by atoms with Crippen molar-refractivity contribution in [1.82, 2.24) is 4.90 Å². The normalized spacial score (nSPS) is 11.8. The van der Waals surface area contributed by atoms with Crippen molar-refractivity contribution in [2.45, 2.75) is 115 Å². The van der Waals surface area contributed by atoms with Crippen LogP contribution in [0.4, 0.5) is 0 Å². The lowest BCUT2D eigenvalue weighted by molar-refractivity contribution is 0.261. The Morgan fingerprint density at radius 1 is 0.915 bits per heavy atom. The Hall–Kier alpha value is -3.26. The molecule has 0 saturated heterocycles. The Kier molecular flexibility index (Phi) is 33.5. The van der Waals surface area contributed by atoms with Crippen molar-refractivity contribution in [2.75, 3.05) is 34.4 Å². The lowest BCUT2D eigenvalue weighted by Crippen LogP contribution is -2.19. The predicted molar refractivity (Wildman–Crippen MR) is 210 cm³/mol. The maximum Gasteiger partial charge on any atom is 0.119 e. The van der Waals surface area contributed by atoms with Crippen molar-refractivity contribution in [1.29, 1.82) is 0 Å². The van der Waals surface area contributed by atoms with E-state index in [1.807, 2.05) is 99.0 Å². The molecule has 0 fully saturated rings. The van der Waals surface area contributed by atoms with Gasteiger partial charge in [-0.15, -0.1) is 6.42 Å². The van der Waals surface area contributed by atoms with Crippen LogP contribution in [-0.4, -0.2) is 44.4 Å². The second kappa shape index (κ2) is 32.7. The van der Waals surface area contributed by atoms with Gasteiger partial charge in [0.1, 0.15) is 12.4 Å². The van der Waals surface area contributed by atoms with Crippen molar-refractivity contribution >= 4 is 5.57 Å². The van der Waals surface area contributed by atoms with E-state index in [1.54, 1.807) is 7.11 Å². The number of rotatable bonds is 15. The van der Waals surface area contributed by atoms with E-state index in [0.717, 1.165) is 60.4 Å². The summed E-state index contributed by atoms with van der Waals surface area (Å²) in [6.45, 7) is 24.0. The molecular formula is C43H71NO3. The fourth-order valence-electron chi connectivity index (χ4n) is 4.35. The average molecular weight is 650 g/mol. The minimum Gasteiger partial charge on any atom is -0.501 e. The molecule has 4 nitrogen and oxygen atoms in total. The minimum atomic E-state index is 0.0198. The molecular weight excluding hydrogens is 578 g/mol. The summed E-state index contributed by atoms with van der Waals surface area (Å²) in [7, 11) is 5.75. The molecule has 4 heteroatoms. The van der Waals surface area contributed by atoms with Gasteiger partial charge in [0.25, 0.3) is 0 Å². The Balaban J connectivity index is -0.00000196. The van der Waals surface area contributed by atoms with Crippen LogP contribution >= 0.6 is 0 Å². The molecule has 0 aliphatic heterocycles. The summed E-state index contributed by atoms with van der Waals surface area (Å²) in [5.41, 5.74) is 7.07. The highest BCUT2D eigenvalue weighted by Gasteiger charge is 2.13. The fraction of sp³-hybridized carbons (Fsp3) is 0.535. The predicted octanol–water partition coefficient (Wildman–Crippen LogP) is 11.5. The van der Waals surface area contributed by atoms with Crippen LogP contribution in [0.3, 0.4) is 0 Å². The van der Waals surface area contributed by atoms with Gasteiger partial charge >= 0.3 is 0 Å². The summed E-state index contributed by atoms with van der Waals surface area (Å²) in [5.74, 6) is 4.79. The van der Waals surface area contributed by atoms with Gasteiger partial charge in [0.15, 0.2) is 0 Å². The first-order valence-corrected chi connectivity index (χ1v) is 17.8. The summed E-state index contributed by atoms with van der Waals surface area (Å²) in [4.78, 5) is 2.11. The van der Waals surface area contributed by atoms with Gasteiger partial charge in [0, 0.05) is 12.5 Å². The second-order valence-corrected chi connectivity index (χ2v) is 10.8. The molecule has 0 saturated carbocycles. The van der Waals surface area contributed by atoms with Crippen molar-refractivity contribution in [3.8, 4) is 18.1 Å². The van der Waals surface area contributed by atoms with Gasteiger partial charge in [0.05, 0.1) is 19.5 Å². The molecule has 266 valence electrons. The van der Waals surface area contributed by atoms with Crippen molar-refractivity contribution in [3.63, 3.8) is 0 Å². The maximum atomic E-state index is 10.0. The lowest BCUT2D eigenvalue weighted by Gasteiger charge is -2.18. The van der Waals surface area contributed by atoms with Crippen molar-refractivity contribution < 1.29 is 14.6 Å². The number of nitrogens with zero attached hydrogens (tertiary/aromatic N) is 1. The molecule has 1 atom stereocenters. The number of aliphatic hydroxyl groups is 1. The molecule has 0 radical (unpaired) electrons. The van der Waals surface area contributed by atoms with Crippen molar-refractivity contribution in [2.24, 2.45) is 5.92 Å². The monoisotopic (exact) mass is 650 g/mol. The van der Waals surface area contributed by atoms with E-state index in [0.29, 0.717) is 6.61 Å². The highest BCUT2D eigenvalue weighted by Crippen LogP contribution is 2.31. The van der Waals surface area contributed by atoms with E-state index in [1.165, 1.54) is 23.1 Å². The molecule has 0 aliphatic rings. The molecule has 1 unspecified atom stereocenters. The first-order valence-electron chi connectivity index (χ1n) is 17.8. The highest BCUT2D eigenvalue weighted by molar-refractivity contribution is 5.71. The number of methoxy groups -OCH3 is 1. The lowest BCUT2D eigenvalue weighted by atomic mass is 9.87. The number of likely N-dealkylation sites (N-methyl/N-ethyl adjacent to an activating group) is 1. The van der Waals surface area contributed by atoms with Gasteiger partial charge < -0.3 is 19.5 Å². The first kappa shape index (κ1) is 48.1. The largest absolute Gasteiger partial charge is 0.501 e. The summed E-state index contributed by atoms with van der Waals surface area (Å²) in [5, 5.41) is 10.0. The number of aliphatic hydroxyl groups excluding tert-OH is 1. The molecule has 0 heterocycles. The summed E-state index contributed by atoms with van der Waals surface area (Å²) in [6, 6.07) is 16.5. The topological polar surface area (TPSA) is 41.9 Å². The number of hydrogen-bond donors (Lipinski definition) is 1. The number of terminal acetylenes is 1. The highest BCUT2D eigenvalue weighted by atomic mass is 16.5. The quantitative estimate of drug-likeness (QED) is 0.118. The molecule has 2 aromatic carbocycles. The van der Waals surface area contributed by atoms with Gasteiger partial charge in [-0.25, -0.2) is 0 Å². The number of hydrogen-bond acceptors (Lipinski definition) is 4. The molecule has 0 aliphatic carbocycles. The molecule has 0 spiro atoms. The van der Waals surface area contributed by atoms with E-state index in [9.17, 15) is 5.11 Å². The van der Waals surface area contributed by atoms with E-state index in [-0.39, 0.29) is 12.5 Å². The number of allylic oxidation sites excluding steroid dienone is 6. The van der Waals surface area contributed by atoms with Crippen LogP contribution in [0.1, 0.15) is 119 Å². The van der Waals surface area contributed by atoms with Crippen LogP contribution in [0.25, 0.3) is 5.57 Å². The van der Waals surface area contributed by atoms with Gasteiger partial charge in [0.2, 0.25) is 0 Å². The van der Waals surface area contributed by atoms with Gasteiger partial charge in [-0.2, -0.15) is 0 Å². The zero-order chi connectivity index (χ0) is 36.6. The van der Waals surface area contributed by atoms with Crippen LogP contribution in [0.2, 0.25) is 0 Å². The Bertz CT molecular complexity index is 1150. The number of ether oxygens (including phenoxy) is 2. The SMILES string of the molecule is C#CC(CCC/C(=C(\C)Cc1ccc(OCCN(C)C)cc1)c1ccccc1CO)/C(C)=C\C=C(/C)OC.CC.CC.CC.CCC. The maximum absolute atomic E-state index is 10.0. The van der Waals surface area contributed by atoms with Gasteiger partial charge in [-0.3, -0.25) is 0 Å². The van der Waals surface area contributed by atoms with Crippen LogP contribution in [0.5, 0.6) is 5.75 Å². The third-order valence-corrected chi connectivity index (χ3v) is 6.80. The Labute approximate surface area is 292 Å². The van der Waals surface area contributed by atoms with Crippen molar-refractivity contribution in [3.05, 3.63) is 94.3 Å². The average Bonchev–Trinajstić information content (AvgIpc) is 3.10. The third kappa shape index (κ3) is 22.0. The van der Waals surface area contributed by atoms with Gasteiger partial charge in [-0.05, 0) is 101 Å². The second-order valence-electron chi connectivity index (χ2n) is 10.8. The van der Waals surface area contributed by atoms with Crippen LogP contribution < -0.4 is 4.74 Å². The zero-order valence-corrected chi connectivity index (χ0v) is 32.8. The first-order chi connectivity index (χ1) is 22.7. The molecule has 2 rings (SSSR count). The summed E-state index contributed by atoms with van der Waals surface area (Å²) >= 11 is 0. The van der Waals surface area contributed by atoms with Crippen LogP contribution in [0, 0.1) is 18.3 Å². The molecule has 0 amide bonds. The van der Waals surface area contributed by atoms with E-state index in [2.05, 4.69) is 62.8 Å². The fourth-order valence-corrected chi connectivity index (χ4v) is 4.35. The van der Waals surface area contributed by atoms with E-state index >= 15 is 0 Å². The number of benzene rings is 2. The third-order valence-electron chi connectivity index (χ3n) is 6.80. The Morgan fingerprint density at radius 2 is 1.49 bits per heavy atom. The molecule has 0 bridgehead atoms. The molecule has 1 N–H and O–H groups in total. The summed E-state index contributed by atoms with van der Waals surface area (Å²) < 4.78 is 11.1. The van der Waals surface area contributed by atoms with E-state index < -0.39 is 0 Å². The zero-order valence-electron chi connectivity index (χ0n) is 32.8. The minimum absolute atomic E-state index is 0.0198. The van der Waals surface area contributed by atoms with Crippen LogP contribution in [0.15, 0.2) is 77.6 Å². The summed E-state index contributed by atoms with van der Waals surface area (Å²) in [6.07, 6.45) is 14.8. The smallest absolute Gasteiger partial charge is 0.119 e. The van der Waals surface area contributed by atoms with Crippen LogP contribution in [-0.2, 0) is 17.8 Å².